The third kappa shape index (κ3) is 4.28. The predicted molar refractivity (Wildman–Crippen MR) is 70.8 cm³/mol. The highest BCUT2D eigenvalue weighted by Crippen LogP contribution is 2.16. The maximum absolute atomic E-state index is 5.69. The quantitative estimate of drug-likeness (QED) is 0.751. The average Bonchev–Trinajstić information content (AvgIpc) is 2.98. The Labute approximate surface area is 112 Å². The summed E-state index contributed by atoms with van der Waals surface area (Å²) < 4.78 is 10.9. The van der Waals surface area contributed by atoms with E-state index in [1.165, 1.54) is 12.8 Å². The maximum Gasteiger partial charge on any atom is 0.131 e. The lowest BCUT2D eigenvalue weighted by Gasteiger charge is -2.23. The molecule has 102 valence electrons. The van der Waals surface area contributed by atoms with Crippen molar-refractivity contribution in [2.24, 2.45) is 0 Å². The summed E-state index contributed by atoms with van der Waals surface area (Å²) in [6.45, 7) is 6.34. The Kier molecular flexibility index (Phi) is 5.49. The smallest absolute Gasteiger partial charge is 0.131 e. The minimum absolute atomic E-state index is 0.371. The SMILES string of the molecule is COCCN(Cc1nnc(C)s1)CC1CCCO1. The fraction of sp³-hybridized carbons (Fsp3) is 0.833. The monoisotopic (exact) mass is 271 g/mol. The van der Waals surface area contributed by atoms with Crippen molar-refractivity contribution < 1.29 is 9.47 Å². The fourth-order valence-electron chi connectivity index (χ4n) is 2.12. The highest BCUT2D eigenvalue weighted by atomic mass is 32.1. The van der Waals surface area contributed by atoms with Gasteiger partial charge in [-0.3, -0.25) is 4.90 Å². The van der Waals surface area contributed by atoms with Crippen LogP contribution in [0.1, 0.15) is 22.9 Å². The van der Waals surface area contributed by atoms with Gasteiger partial charge in [-0.1, -0.05) is 0 Å². The molecule has 0 spiro atoms. The number of aromatic nitrogens is 2. The van der Waals surface area contributed by atoms with Gasteiger partial charge >= 0.3 is 0 Å². The van der Waals surface area contributed by atoms with Gasteiger partial charge in [0.2, 0.25) is 0 Å². The Morgan fingerprint density at radius 1 is 1.50 bits per heavy atom. The van der Waals surface area contributed by atoms with Crippen LogP contribution >= 0.6 is 11.3 Å². The van der Waals surface area contributed by atoms with Crippen LogP contribution in [0.2, 0.25) is 0 Å². The zero-order valence-corrected chi connectivity index (χ0v) is 11.9. The van der Waals surface area contributed by atoms with Crippen LogP contribution in [0, 0.1) is 6.92 Å². The van der Waals surface area contributed by atoms with Gasteiger partial charge in [0, 0.05) is 26.8 Å². The molecule has 1 unspecified atom stereocenters. The first-order valence-corrected chi connectivity index (χ1v) is 7.21. The highest BCUT2D eigenvalue weighted by Gasteiger charge is 2.20. The molecule has 1 aromatic heterocycles. The lowest BCUT2D eigenvalue weighted by atomic mass is 10.2. The first kappa shape index (κ1) is 13.9. The normalized spacial score (nSPS) is 19.8. The Bertz CT molecular complexity index is 353. The summed E-state index contributed by atoms with van der Waals surface area (Å²) in [7, 11) is 1.74. The van der Waals surface area contributed by atoms with Crippen LogP contribution in [0.25, 0.3) is 0 Å². The average molecular weight is 271 g/mol. The van der Waals surface area contributed by atoms with Gasteiger partial charge in [0.05, 0.1) is 19.3 Å². The third-order valence-electron chi connectivity index (χ3n) is 3.02. The van der Waals surface area contributed by atoms with E-state index in [-0.39, 0.29) is 0 Å². The minimum atomic E-state index is 0.371. The Morgan fingerprint density at radius 2 is 2.39 bits per heavy atom. The molecule has 1 aliphatic rings. The molecule has 1 aromatic rings. The molecule has 0 amide bonds. The molecular weight excluding hydrogens is 250 g/mol. The van der Waals surface area contributed by atoms with Crippen LogP contribution in [0.15, 0.2) is 0 Å². The number of hydrogen-bond donors (Lipinski definition) is 0. The number of aryl methyl sites for hydroxylation is 1. The van der Waals surface area contributed by atoms with E-state index in [9.17, 15) is 0 Å². The zero-order valence-electron chi connectivity index (χ0n) is 11.1. The molecule has 1 saturated heterocycles. The van der Waals surface area contributed by atoms with Crippen LogP contribution < -0.4 is 0 Å². The Morgan fingerprint density at radius 3 is 3.00 bits per heavy atom. The van der Waals surface area contributed by atoms with Gasteiger partial charge in [-0.2, -0.15) is 0 Å². The number of nitrogens with zero attached hydrogens (tertiary/aromatic N) is 3. The second-order valence-corrected chi connectivity index (χ2v) is 5.84. The molecule has 18 heavy (non-hydrogen) atoms. The lowest BCUT2D eigenvalue weighted by Crippen LogP contribution is -2.34. The molecule has 0 saturated carbocycles. The second kappa shape index (κ2) is 7.13. The summed E-state index contributed by atoms with van der Waals surface area (Å²) in [6, 6.07) is 0. The van der Waals surface area contributed by atoms with E-state index in [0.29, 0.717) is 6.10 Å². The standard InChI is InChI=1S/C12H21N3O2S/c1-10-13-14-12(18-10)9-15(5-7-16-2)8-11-4-3-6-17-11/h11H,3-9H2,1-2H3. The van der Waals surface area contributed by atoms with Crippen molar-refractivity contribution in [2.45, 2.75) is 32.4 Å². The van der Waals surface area contributed by atoms with E-state index < -0.39 is 0 Å². The predicted octanol–water partition coefficient (Wildman–Crippen LogP) is 1.47. The van der Waals surface area contributed by atoms with E-state index >= 15 is 0 Å². The first-order chi connectivity index (χ1) is 8.78. The van der Waals surface area contributed by atoms with Gasteiger partial charge in [0.1, 0.15) is 10.0 Å². The van der Waals surface area contributed by atoms with Crippen molar-refractivity contribution in [2.75, 3.05) is 33.4 Å². The summed E-state index contributed by atoms with van der Waals surface area (Å²) in [4.78, 5) is 2.35. The van der Waals surface area contributed by atoms with Crippen molar-refractivity contribution in [3.05, 3.63) is 10.0 Å². The summed E-state index contributed by atoms with van der Waals surface area (Å²) in [5.74, 6) is 0. The molecule has 1 aliphatic heterocycles. The van der Waals surface area contributed by atoms with Crippen molar-refractivity contribution in [1.82, 2.24) is 15.1 Å². The molecule has 0 radical (unpaired) electrons. The molecule has 2 heterocycles. The first-order valence-electron chi connectivity index (χ1n) is 6.40. The minimum Gasteiger partial charge on any atom is -0.383 e. The maximum atomic E-state index is 5.69. The van der Waals surface area contributed by atoms with Crippen molar-refractivity contribution in [3.63, 3.8) is 0 Å². The number of hydrogen-bond acceptors (Lipinski definition) is 6. The molecular formula is C12H21N3O2S. The molecule has 1 fully saturated rings. The number of ether oxygens (including phenoxy) is 2. The third-order valence-corrected chi connectivity index (χ3v) is 3.85. The molecule has 6 heteroatoms. The number of rotatable bonds is 7. The van der Waals surface area contributed by atoms with E-state index in [4.69, 9.17) is 9.47 Å². The highest BCUT2D eigenvalue weighted by molar-refractivity contribution is 7.11. The molecule has 0 aliphatic carbocycles. The molecule has 0 aromatic carbocycles. The molecule has 1 atom stereocenters. The summed E-state index contributed by atoms with van der Waals surface area (Å²) in [5.41, 5.74) is 0. The van der Waals surface area contributed by atoms with Gasteiger partial charge in [-0.15, -0.1) is 21.5 Å². The Balaban J connectivity index is 1.86. The molecule has 0 bridgehead atoms. The lowest BCUT2D eigenvalue weighted by molar-refractivity contribution is 0.0587. The Hall–Kier alpha value is -0.560. The molecule has 2 rings (SSSR count). The molecule has 0 N–H and O–H groups in total. The van der Waals surface area contributed by atoms with Gasteiger partial charge in [-0.25, -0.2) is 0 Å². The van der Waals surface area contributed by atoms with Crippen LogP contribution in [0.5, 0.6) is 0 Å². The van der Waals surface area contributed by atoms with E-state index in [0.717, 1.165) is 42.9 Å². The van der Waals surface area contributed by atoms with Gasteiger partial charge in [0.15, 0.2) is 0 Å². The van der Waals surface area contributed by atoms with Gasteiger partial charge in [0.25, 0.3) is 0 Å². The fourth-order valence-corrected chi connectivity index (χ4v) is 2.88. The van der Waals surface area contributed by atoms with E-state index in [1.807, 2.05) is 6.92 Å². The van der Waals surface area contributed by atoms with Gasteiger partial charge in [-0.05, 0) is 19.8 Å². The topological polar surface area (TPSA) is 47.5 Å². The summed E-state index contributed by atoms with van der Waals surface area (Å²) in [5, 5.41) is 10.3. The summed E-state index contributed by atoms with van der Waals surface area (Å²) >= 11 is 1.66. The van der Waals surface area contributed by atoms with Crippen molar-refractivity contribution in [1.29, 1.82) is 0 Å². The van der Waals surface area contributed by atoms with Crippen molar-refractivity contribution in [3.8, 4) is 0 Å². The van der Waals surface area contributed by atoms with E-state index in [2.05, 4.69) is 15.1 Å². The zero-order chi connectivity index (χ0) is 12.8. The van der Waals surface area contributed by atoms with Crippen LogP contribution in [0.3, 0.4) is 0 Å². The second-order valence-electron chi connectivity index (χ2n) is 4.58. The molecule has 5 nitrogen and oxygen atoms in total. The summed E-state index contributed by atoms with van der Waals surface area (Å²) in [6.07, 6.45) is 2.72. The van der Waals surface area contributed by atoms with Crippen LogP contribution in [-0.4, -0.2) is 54.6 Å². The van der Waals surface area contributed by atoms with E-state index in [1.54, 1.807) is 18.4 Å². The van der Waals surface area contributed by atoms with Crippen molar-refractivity contribution >= 4 is 11.3 Å². The van der Waals surface area contributed by atoms with Crippen LogP contribution in [0.4, 0.5) is 0 Å². The number of methoxy groups -OCH3 is 1. The largest absolute Gasteiger partial charge is 0.383 e. The van der Waals surface area contributed by atoms with Gasteiger partial charge < -0.3 is 9.47 Å². The van der Waals surface area contributed by atoms with Crippen LogP contribution in [-0.2, 0) is 16.0 Å².